The Morgan fingerprint density at radius 2 is 1.72 bits per heavy atom. The van der Waals surface area contributed by atoms with E-state index >= 15 is 0 Å². The molecule has 1 heterocycles. The lowest BCUT2D eigenvalue weighted by atomic mass is 10.1. The first-order valence-electron chi connectivity index (χ1n) is 4.26. The first-order chi connectivity index (χ1) is 8.34. The SMILES string of the molecule is O=C1[N]c2c(c(F)c(F)c(F)c2[N+](=O)[O-])NC1=O. The van der Waals surface area contributed by atoms with Crippen molar-refractivity contribution in [2.45, 2.75) is 0 Å². The molecule has 0 atom stereocenters. The summed E-state index contributed by atoms with van der Waals surface area (Å²) in [6.45, 7) is 0. The molecule has 1 aromatic carbocycles. The number of carbonyl (C=O) groups is 2. The fourth-order valence-corrected chi connectivity index (χ4v) is 1.35. The van der Waals surface area contributed by atoms with Crippen LogP contribution >= 0.6 is 0 Å². The lowest BCUT2D eigenvalue weighted by molar-refractivity contribution is -0.387. The van der Waals surface area contributed by atoms with Crippen LogP contribution in [0.3, 0.4) is 0 Å². The van der Waals surface area contributed by atoms with Gasteiger partial charge in [0.15, 0.2) is 11.5 Å². The predicted molar refractivity (Wildman–Crippen MR) is 48.4 cm³/mol. The molecule has 2 amide bonds. The summed E-state index contributed by atoms with van der Waals surface area (Å²) in [5.41, 5.74) is -3.61. The van der Waals surface area contributed by atoms with Crippen LogP contribution in [0.2, 0.25) is 0 Å². The fourth-order valence-electron chi connectivity index (χ4n) is 1.35. The van der Waals surface area contributed by atoms with E-state index in [0.717, 1.165) is 0 Å². The molecule has 1 aliphatic rings. The predicted octanol–water partition coefficient (Wildman–Crippen LogP) is 0.727. The number of nitrogens with zero attached hydrogens (tertiary/aromatic N) is 2. The van der Waals surface area contributed by atoms with Gasteiger partial charge in [-0.1, -0.05) is 0 Å². The van der Waals surface area contributed by atoms with Gasteiger partial charge in [-0.15, -0.1) is 0 Å². The lowest BCUT2D eigenvalue weighted by Crippen LogP contribution is -2.34. The number of halogens is 3. The molecule has 0 bridgehead atoms. The minimum absolute atomic E-state index is 1.04. The van der Waals surface area contributed by atoms with Crippen molar-refractivity contribution in [2.24, 2.45) is 0 Å². The average Bonchev–Trinajstić information content (AvgIpc) is 2.29. The van der Waals surface area contributed by atoms with Crippen LogP contribution in [0.5, 0.6) is 0 Å². The number of nitro groups is 1. The van der Waals surface area contributed by atoms with E-state index in [-0.39, 0.29) is 0 Å². The number of hydrogen-bond donors (Lipinski definition) is 1. The van der Waals surface area contributed by atoms with E-state index < -0.39 is 51.3 Å². The van der Waals surface area contributed by atoms with Crippen LogP contribution in [0.15, 0.2) is 0 Å². The minimum Gasteiger partial charge on any atom is -0.313 e. The zero-order valence-corrected chi connectivity index (χ0v) is 8.16. The Morgan fingerprint density at radius 1 is 1.11 bits per heavy atom. The first-order valence-corrected chi connectivity index (χ1v) is 4.26. The van der Waals surface area contributed by atoms with Gasteiger partial charge in [0, 0.05) is 0 Å². The summed E-state index contributed by atoms with van der Waals surface area (Å²) in [6, 6.07) is 0. The number of nitro benzene ring substituents is 1. The number of fused-ring (bicyclic) bond motifs is 1. The Labute approximate surface area is 95.7 Å². The molecule has 10 heteroatoms. The number of anilines is 1. The van der Waals surface area contributed by atoms with E-state index in [9.17, 15) is 32.9 Å². The minimum atomic E-state index is -2.13. The number of nitrogens with one attached hydrogen (secondary N) is 1. The zero-order chi connectivity index (χ0) is 13.6. The number of amides is 2. The summed E-state index contributed by atoms with van der Waals surface area (Å²) < 4.78 is 39.5. The van der Waals surface area contributed by atoms with Gasteiger partial charge < -0.3 is 5.32 Å². The van der Waals surface area contributed by atoms with Crippen LogP contribution in [-0.2, 0) is 9.59 Å². The Bertz CT molecular complexity index is 616. The molecule has 0 aromatic heterocycles. The second-order valence-electron chi connectivity index (χ2n) is 3.14. The van der Waals surface area contributed by atoms with Gasteiger partial charge in [-0.05, 0) is 0 Å². The lowest BCUT2D eigenvalue weighted by Gasteiger charge is -2.16. The summed E-state index contributed by atoms with van der Waals surface area (Å²) in [4.78, 5) is 30.9. The molecule has 1 radical (unpaired) electrons. The Hall–Kier alpha value is -2.65. The van der Waals surface area contributed by atoms with Gasteiger partial charge in [-0.3, -0.25) is 19.7 Å². The second kappa shape index (κ2) is 3.68. The highest BCUT2D eigenvalue weighted by Gasteiger charge is 2.39. The first kappa shape index (κ1) is 11.8. The maximum absolute atomic E-state index is 13.3. The van der Waals surface area contributed by atoms with Gasteiger partial charge in [0.05, 0.1) is 4.92 Å². The van der Waals surface area contributed by atoms with Gasteiger partial charge in [0.2, 0.25) is 11.6 Å². The van der Waals surface area contributed by atoms with Crippen LogP contribution in [0, 0.1) is 27.6 Å². The molecule has 7 nitrogen and oxygen atoms in total. The van der Waals surface area contributed by atoms with Gasteiger partial charge in [0.1, 0.15) is 5.69 Å². The molecule has 0 aliphatic carbocycles. The Morgan fingerprint density at radius 3 is 2.28 bits per heavy atom. The van der Waals surface area contributed by atoms with Crippen molar-refractivity contribution in [2.75, 3.05) is 5.32 Å². The fraction of sp³-hybridized carbons (Fsp3) is 0. The molecule has 1 aromatic rings. The number of benzene rings is 1. The highest BCUT2D eigenvalue weighted by atomic mass is 19.2. The van der Waals surface area contributed by atoms with E-state index in [0.29, 0.717) is 0 Å². The molecule has 0 saturated heterocycles. The van der Waals surface area contributed by atoms with Crippen molar-refractivity contribution < 1.29 is 27.7 Å². The molecular formula is C8HF3N3O4. The Balaban J connectivity index is 2.82. The Kier molecular flexibility index (Phi) is 2.42. The molecule has 2 rings (SSSR count). The van der Waals surface area contributed by atoms with Crippen molar-refractivity contribution in [3.05, 3.63) is 27.6 Å². The number of hydrogen-bond acceptors (Lipinski definition) is 4. The summed E-state index contributed by atoms with van der Waals surface area (Å²) in [6.07, 6.45) is 0. The van der Waals surface area contributed by atoms with E-state index in [1.54, 1.807) is 5.32 Å². The highest BCUT2D eigenvalue weighted by molar-refractivity contribution is 6.42. The van der Waals surface area contributed by atoms with Crippen LogP contribution in [-0.4, -0.2) is 16.7 Å². The molecule has 0 spiro atoms. The van der Waals surface area contributed by atoms with Gasteiger partial charge in [0.25, 0.3) is 0 Å². The summed E-state index contributed by atoms with van der Waals surface area (Å²) >= 11 is 0. The molecule has 1 N–H and O–H groups in total. The largest absolute Gasteiger partial charge is 0.336 e. The number of carbonyl (C=O) groups excluding carboxylic acids is 2. The molecule has 18 heavy (non-hydrogen) atoms. The summed E-state index contributed by atoms with van der Waals surface area (Å²) in [5.74, 6) is -8.97. The molecular weight excluding hydrogens is 259 g/mol. The van der Waals surface area contributed by atoms with Crippen LogP contribution in [0.25, 0.3) is 0 Å². The molecule has 0 fully saturated rings. The van der Waals surface area contributed by atoms with Crippen LogP contribution in [0.1, 0.15) is 0 Å². The van der Waals surface area contributed by atoms with Crippen molar-refractivity contribution in [3.63, 3.8) is 0 Å². The highest BCUT2D eigenvalue weighted by Crippen LogP contribution is 2.40. The molecule has 0 unspecified atom stereocenters. The second-order valence-corrected chi connectivity index (χ2v) is 3.14. The van der Waals surface area contributed by atoms with Crippen molar-refractivity contribution in [1.82, 2.24) is 5.32 Å². The smallest absolute Gasteiger partial charge is 0.313 e. The molecule has 1 aliphatic heterocycles. The topological polar surface area (TPSA) is 103 Å². The van der Waals surface area contributed by atoms with Crippen molar-refractivity contribution >= 4 is 28.9 Å². The molecule has 0 saturated carbocycles. The van der Waals surface area contributed by atoms with Gasteiger partial charge in [-0.2, -0.15) is 9.71 Å². The summed E-state index contributed by atoms with van der Waals surface area (Å²) in [7, 11) is 0. The van der Waals surface area contributed by atoms with Crippen molar-refractivity contribution in [1.29, 1.82) is 0 Å². The van der Waals surface area contributed by atoms with Gasteiger partial charge in [-0.25, -0.2) is 8.78 Å². The third kappa shape index (κ3) is 1.46. The van der Waals surface area contributed by atoms with Crippen LogP contribution < -0.4 is 10.6 Å². The zero-order valence-electron chi connectivity index (χ0n) is 8.16. The van der Waals surface area contributed by atoms with Gasteiger partial charge >= 0.3 is 17.5 Å². The monoisotopic (exact) mass is 260 g/mol. The van der Waals surface area contributed by atoms with Crippen molar-refractivity contribution in [3.8, 4) is 0 Å². The maximum atomic E-state index is 13.3. The molecule has 93 valence electrons. The van der Waals surface area contributed by atoms with E-state index in [2.05, 4.69) is 5.32 Å². The quantitative estimate of drug-likeness (QED) is 0.348. The standard InChI is InChI=1S/C8HF3N3O4/c9-1-2(10)4-5(6(3(1)11)14(17)18)13-8(16)7(15)12-4/h(H,12,15). The normalized spacial score (nSPS) is 13.7. The van der Waals surface area contributed by atoms with E-state index in [1.807, 2.05) is 0 Å². The summed E-state index contributed by atoms with van der Waals surface area (Å²) in [5, 5.41) is 15.0. The van der Waals surface area contributed by atoms with E-state index in [1.165, 1.54) is 0 Å². The average molecular weight is 260 g/mol. The number of rotatable bonds is 1. The maximum Gasteiger partial charge on any atom is 0.336 e. The van der Waals surface area contributed by atoms with Crippen LogP contribution in [0.4, 0.5) is 30.2 Å². The third-order valence-corrected chi connectivity index (χ3v) is 2.10. The van der Waals surface area contributed by atoms with E-state index in [4.69, 9.17) is 0 Å². The third-order valence-electron chi connectivity index (χ3n) is 2.10.